The van der Waals surface area contributed by atoms with E-state index in [1.807, 2.05) is 0 Å². The SMILES string of the molecule is CNC(=O)c1cc(NC(=O)C2CCNC2)ccc1Cl.Cl. The summed E-state index contributed by atoms with van der Waals surface area (Å²) in [7, 11) is 1.54. The van der Waals surface area contributed by atoms with Crippen LogP contribution in [0.5, 0.6) is 0 Å². The Morgan fingerprint density at radius 3 is 2.75 bits per heavy atom. The Balaban J connectivity index is 0.00000200. The van der Waals surface area contributed by atoms with E-state index in [9.17, 15) is 9.59 Å². The molecule has 1 heterocycles. The van der Waals surface area contributed by atoms with Gasteiger partial charge in [0.05, 0.1) is 16.5 Å². The van der Waals surface area contributed by atoms with E-state index in [0.717, 1.165) is 13.0 Å². The highest BCUT2D eigenvalue weighted by molar-refractivity contribution is 6.34. The summed E-state index contributed by atoms with van der Waals surface area (Å²) in [5.74, 6) is -0.321. The molecule has 1 aliphatic heterocycles. The minimum absolute atomic E-state index is 0. The van der Waals surface area contributed by atoms with Crippen LogP contribution in [0.2, 0.25) is 5.02 Å². The molecule has 1 aromatic carbocycles. The van der Waals surface area contributed by atoms with Gasteiger partial charge in [-0.25, -0.2) is 0 Å². The van der Waals surface area contributed by atoms with Crippen molar-refractivity contribution in [2.45, 2.75) is 6.42 Å². The van der Waals surface area contributed by atoms with Crippen LogP contribution < -0.4 is 16.0 Å². The molecular formula is C13H17Cl2N3O2. The number of hydrogen-bond acceptors (Lipinski definition) is 3. The molecular weight excluding hydrogens is 301 g/mol. The quantitative estimate of drug-likeness (QED) is 0.794. The summed E-state index contributed by atoms with van der Waals surface area (Å²) in [5, 5.41) is 8.83. The molecule has 0 saturated carbocycles. The van der Waals surface area contributed by atoms with E-state index in [-0.39, 0.29) is 30.1 Å². The summed E-state index contributed by atoms with van der Waals surface area (Å²) >= 11 is 5.95. The highest BCUT2D eigenvalue weighted by atomic mass is 35.5. The van der Waals surface area contributed by atoms with Gasteiger partial charge < -0.3 is 16.0 Å². The smallest absolute Gasteiger partial charge is 0.252 e. The van der Waals surface area contributed by atoms with Gasteiger partial charge in [0.1, 0.15) is 0 Å². The summed E-state index contributed by atoms with van der Waals surface area (Å²) in [6.07, 6.45) is 0.835. The molecule has 2 rings (SSSR count). The van der Waals surface area contributed by atoms with Gasteiger partial charge in [-0.15, -0.1) is 12.4 Å². The standard InChI is InChI=1S/C13H16ClN3O2.ClH/c1-15-13(19)10-6-9(2-3-11(10)14)17-12(18)8-4-5-16-7-8;/h2-3,6,8,16H,4-5,7H2,1H3,(H,15,19)(H,17,18);1H. The lowest BCUT2D eigenvalue weighted by Crippen LogP contribution is -2.25. The molecule has 0 aliphatic carbocycles. The van der Waals surface area contributed by atoms with E-state index in [2.05, 4.69) is 16.0 Å². The number of hydrogen-bond donors (Lipinski definition) is 3. The van der Waals surface area contributed by atoms with Gasteiger partial charge in [0.15, 0.2) is 0 Å². The maximum Gasteiger partial charge on any atom is 0.252 e. The lowest BCUT2D eigenvalue weighted by atomic mass is 10.1. The van der Waals surface area contributed by atoms with Crippen molar-refractivity contribution in [3.63, 3.8) is 0 Å². The second-order valence-corrected chi connectivity index (χ2v) is 4.86. The molecule has 1 saturated heterocycles. The van der Waals surface area contributed by atoms with Crippen LogP contribution in [0.1, 0.15) is 16.8 Å². The predicted molar refractivity (Wildman–Crippen MR) is 81.7 cm³/mol. The number of amides is 2. The molecule has 0 aromatic heterocycles. The van der Waals surface area contributed by atoms with Crippen molar-refractivity contribution in [1.82, 2.24) is 10.6 Å². The van der Waals surface area contributed by atoms with E-state index in [4.69, 9.17) is 11.6 Å². The molecule has 0 radical (unpaired) electrons. The Labute approximate surface area is 128 Å². The number of halogens is 2. The Bertz CT molecular complexity index is 502. The second-order valence-electron chi connectivity index (χ2n) is 4.45. The predicted octanol–water partition coefficient (Wildman–Crippen LogP) is 1.67. The number of nitrogens with one attached hydrogen (secondary N) is 3. The third kappa shape index (κ3) is 3.85. The molecule has 1 aromatic rings. The van der Waals surface area contributed by atoms with Crippen LogP contribution in [0.4, 0.5) is 5.69 Å². The fraction of sp³-hybridized carbons (Fsp3) is 0.385. The Morgan fingerprint density at radius 2 is 2.15 bits per heavy atom. The molecule has 1 fully saturated rings. The van der Waals surface area contributed by atoms with Gasteiger partial charge in [0.2, 0.25) is 5.91 Å². The summed E-state index contributed by atoms with van der Waals surface area (Å²) < 4.78 is 0. The minimum Gasteiger partial charge on any atom is -0.355 e. The van der Waals surface area contributed by atoms with Gasteiger partial charge in [0.25, 0.3) is 5.91 Å². The molecule has 20 heavy (non-hydrogen) atoms. The van der Waals surface area contributed by atoms with Gasteiger partial charge in [-0.2, -0.15) is 0 Å². The summed E-state index contributed by atoms with van der Waals surface area (Å²) in [5.41, 5.74) is 0.936. The van der Waals surface area contributed by atoms with Crippen molar-refractivity contribution < 1.29 is 9.59 Å². The molecule has 5 nitrogen and oxygen atoms in total. The highest BCUT2D eigenvalue weighted by Crippen LogP contribution is 2.21. The first kappa shape index (κ1) is 16.8. The fourth-order valence-corrected chi connectivity index (χ4v) is 2.24. The first-order valence-electron chi connectivity index (χ1n) is 6.15. The molecule has 1 aliphatic rings. The van der Waals surface area contributed by atoms with Crippen LogP contribution in [0, 0.1) is 5.92 Å². The topological polar surface area (TPSA) is 70.2 Å². The van der Waals surface area contributed by atoms with Crippen molar-refractivity contribution >= 4 is 41.5 Å². The third-order valence-corrected chi connectivity index (χ3v) is 3.47. The molecule has 0 bridgehead atoms. The first-order chi connectivity index (χ1) is 9.11. The van der Waals surface area contributed by atoms with Gasteiger partial charge in [-0.1, -0.05) is 11.6 Å². The minimum atomic E-state index is -0.274. The van der Waals surface area contributed by atoms with Gasteiger partial charge in [-0.05, 0) is 31.2 Å². The Hall–Kier alpha value is -1.30. The summed E-state index contributed by atoms with van der Waals surface area (Å²) in [6.45, 7) is 1.56. The molecule has 3 N–H and O–H groups in total. The summed E-state index contributed by atoms with van der Waals surface area (Å²) in [6, 6.07) is 4.88. The van der Waals surface area contributed by atoms with Crippen LogP contribution in [0.25, 0.3) is 0 Å². The van der Waals surface area contributed by atoms with E-state index < -0.39 is 0 Å². The highest BCUT2D eigenvalue weighted by Gasteiger charge is 2.22. The lowest BCUT2D eigenvalue weighted by molar-refractivity contribution is -0.119. The van der Waals surface area contributed by atoms with Crippen molar-refractivity contribution in [3.05, 3.63) is 28.8 Å². The maximum atomic E-state index is 12.0. The Kier molecular flexibility index (Phi) is 6.26. The van der Waals surface area contributed by atoms with Crippen LogP contribution in [-0.2, 0) is 4.79 Å². The van der Waals surface area contributed by atoms with Crippen molar-refractivity contribution in [1.29, 1.82) is 0 Å². The number of carbonyl (C=O) groups is 2. The molecule has 110 valence electrons. The number of anilines is 1. The average molecular weight is 318 g/mol. The van der Waals surface area contributed by atoms with Crippen molar-refractivity contribution in [2.24, 2.45) is 5.92 Å². The van der Waals surface area contributed by atoms with Crippen LogP contribution in [0.15, 0.2) is 18.2 Å². The Morgan fingerprint density at radius 1 is 1.40 bits per heavy atom. The average Bonchev–Trinajstić information content (AvgIpc) is 2.94. The lowest BCUT2D eigenvalue weighted by Gasteiger charge is -2.11. The normalized spacial score (nSPS) is 17.2. The van der Waals surface area contributed by atoms with E-state index >= 15 is 0 Å². The summed E-state index contributed by atoms with van der Waals surface area (Å²) in [4.78, 5) is 23.6. The zero-order valence-electron chi connectivity index (χ0n) is 11.0. The second kappa shape index (κ2) is 7.47. The molecule has 7 heteroatoms. The van der Waals surface area contributed by atoms with E-state index in [0.29, 0.717) is 22.8 Å². The molecule has 0 spiro atoms. The van der Waals surface area contributed by atoms with E-state index in [1.54, 1.807) is 18.2 Å². The van der Waals surface area contributed by atoms with Crippen LogP contribution >= 0.6 is 24.0 Å². The largest absolute Gasteiger partial charge is 0.355 e. The van der Waals surface area contributed by atoms with Crippen molar-refractivity contribution in [2.75, 3.05) is 25.5 Å². The third-order valence-electron chi connectivity index (χ3n) is 3.14. The van der Waals surface area contributed by atoms with Gasteiger partial charge in [0, 0.05) is 19.3 Å². The first-order valence-corrected chi connectivity index (χ1v) is 6.53. The zero-order chi connectivity index (χ0) is 13.8. The maximum absolute atomic E-state index is 12.0. The van der Waals surface area contributed by atoms with E-state index in [1.165, 1.54) is 7.05 Å². The molecule has 1 atom stereocenters. The monoisotopic (exact) mass is 317 g/mol. The number of rotatable bonds is 3. The van der Waals surface area contributed by atoms with Crippen LogP contribution in [0.3, 0.4) is 0 Å². The van der Waals surface area contributed by atoms with Gasteiger partial charge in [-0.3, -0.25) is 9.59 Å². The van der Waals surface area contributed by atoms with Crippen LogP contribution in [-0.4, -0.2) is 32.0 Å². The number of carbonyl (C=O) groups excluding carboxylic acids is 2. The fourth-order valence-electron chi connectivity index (χ4n) is 2.03. The zero-order valence-corrected chi connectivity index (χ0v) is 12.6. The molecule has 2 amide bonds. The molecule has 1 unspecified atom stereocenters. The van der Waals surface area contributed by atoms with Crippen molar-refractivity contribution in [3.8, 4) is 0 Å². The van der Waals surface area contributed by atoms with Gasteiger partial charge >= 0.3 is 0 Å². The number of benzene rings is 1.